The minimum absolute atomic E-state index is 0.124. The van der Waals surface area contributed by atoms with Crippen molar-refractivity contribution in [2.24, 2.45) is 0 Å². The van der Waals surface area contributed by atoms with E-state index in [-0.39, 0.29) is 6.04 Å². The van der Waals surface area contributed by atoms with E-state index in [9.17, 15) is 4.79 Å². The highest BCUT2D eigenvalue weighted by Gasteiger charge is 2.25. The summed E-state index contributed by atoms with van der Waals surface area (Å²) in [6, 6.07) is 1.54. The normalized spacial score (nSPS) is 22.1. The third kappa shape index (κ3) is 2.04. The van der Waals surface area contributed by atoms with E-state index in [0.29, 0.717) is 0 Å². The number of hydrogen-bond donors (Lipinski definition) is 2. The van der Waals surface area contributed by atoms with Crippen LogP contribution in [0.15, 0.2) is 16.7 Å². The first-order chi connectivity index (χ1) is 7.18. The SMILES string of the molecule is CC(NC1CCCc2occc21)C(=O)O. The van der Waals surface area contributed by atoms with E-state index in [1.807, 2.05) is 6.07 Å². The lowest BCUT2D eigenvalue weighted by Gasteiger charge is -2.24. The molecule has 0 spiro atoms. The fraction of sp³-hybridized carbons (Fsp3) is 0.545. The molecule has 15 heavy (non-hydrogen) atoms. The van der Waals surface area contributed by atoms with Gasteiger partial charge in [0, 0.05) is 18.0 Å². The van der Waals surface area contributed by atoms with Crippen molar-refractivity contribution in [1.29, 1.82) is 0 Å². The van der Waals surface area contributed by atoms with Gasteiger partial charge in [0.05, 0.1) is 6.26 Å². The van der Waals surface area contributed by atoms with Crippen LogP contribution in [0, 0.1) is 0 Å². The third-order valence-corrected chi connectivity index (χ3v) is 2.87. The van der Waals surface area contributed by atoms with Crippen molar-refractivity contribution in [3.05, 3.63) is 23.7 Å². The molecule has 4 heteroatoms. The maximum atomic E-state index is 10.7. The Bertz CT molecular complexity index is 358. The molecule has 1 aliphatic rings. The van der Waals surface area contributed by atoms with Crippen LogP contribution >= 0.6 is 0 Å². The highest BCUT2D eigenvalue weighted by atomic mass is 16.4. The zero-order valence-electron chi connectivity index (χ0n) is 8.69. The summed E-state index contributed by atoms with van der Waals surface area (Å²) in [7, 11) is 0. The van der Waals surface area contributed by atoms with Crippen molar-refractivity contribution in [2.75, 3.05) is 0 Å². The van der Waals surface area contributed by atoms with Crippen molar-refractivity contribution in [3.63, 3.8) is 0 Å². The number of fused-ring (bicyclic) bond motifs is 1. The van der Waals surface area contributed by atoms with E-state index < -0.39 is 12.0 Å². The highest BCUT2D eigenvalue weighted by Crippen LogP contribution is 2.30. The van der Waals surface area contributed by atoms with Crippen molar-refractivity contribution >= 4 is 5.97 Å². The summed E-state index contributed by atoms with van der Waals surface area (Å²) >= 11 is 0. The zero-order valence-corrected chi connectivity index (χ0v) is 8.69. The number of nitrogens with one attached hydrogen (secondary N) is 1. The molecule has 0 fully saturated rings. The molecule has 1 aromatic rings. The summed E-state index contributed by atoms with van der Waals surface area (Å²) in [5.41, 5.74) is 1.12. The van der Waals surface area contributed by atoms with Crippen molar-refractivity contribution < 1.29 is 14.3 Å². The summed E-state index contributed by atoms with van der Waals surface area (Å²) in [6.07, 6.45) is 4.66. The summed E-state index contributed by atoms with van der Waals surface area (Å²) in [5.74, 6) is 0.182. The first-order valence-electron chi connectivity index (χ1n) is 5.23. The second-order valence-corrected chi connectivity index (χ2v) is 3.97. The average molecular weight is 209 g/mol. The molecule has 1 aromatic heterocycles. The van der Waals surface area contributed by atoms with Crippen LogP contribution in [-0.4, -0.2) is 17.1 Å². The molecule has 0 amide bonds. The summed E-state index contributed by atoms with van der Waals surface area (Å²) in [4.78, 5) is 10.7. The predicted octanol–water partition coefficient (Wildman–Crippen LogP) is 1.72. The van der Waals surface area contributed by atoms with Crippen LogP contribution in [0.3, 0.4) is 0 Å². The van der Waals surface area contributed by atoms with Crippen LogP contribution in [0.1, 0.15) is 37.1 Å². The smallest absolute Gasteiger partial charge is 0.320 e. The van der Waals surface area contributed by atoms with Gasteiger partial charge in [-0.1, -0.05) is 0 Å². The van der Waals surface area contributed by atoms with Gasteiger partial charge in [-0.05, 0) is 25.8 Å². The number of carbonyl (C=O) groups is 1. The van der Waals surface area contributed by atoms with Gasteiger partial charge in [-0.2, -0.15) is 0 Å². The Morgan fingerprint density at radius 3 is 3.27 bits per heavy atom. The quantitative estimate of drug-likeness (QED) is 0.795. The minimum atomic E-state index is -0.814. The Balaban J connectivity index is 2.09. The number of rotatable bonds is 3. The highest BCUT2D eigenvalue weighted by molar-refractivity contribution is 5.72. The fourth-order valence-electron chi connectivity index (χ4n) is 2.03. The molecule has 82 valence electrons. The molecule has 0 aliphatic heterocycles. The molecular weight excluding hydrogens is 194 g/mol. The molecule has 0 radical (unpaired) electrons. The lowest BCUT2D eigenvalue weighted by atomic mass is 9.93. The van der Waals surface area contributed by atoms with Gasteiger partial charge < -0.3 is 9.52 Å². The maximum Gasteiger partial charge on any atom is 0.320 e. The van der Waals surface area contributed by atoms with E-state index >= 15 is 0 Å². The first kappa shape index (κ1) is 10.2. The lowest BCUT2D eigenvalue weighted by Crippen LogP contribution is -2.37. The van der Waals surface area contributed by atoms with Crippen LogP contribution in [0.4, 0.5) is 0 Å². The molecule has 2 unspecified atom stereocenters. The monoisotopic (exact) mass is 209 g/mol. The Morgan fingerprint density at radius 2 is 2.53 bits per heavy atom. The van der Waals surface area contributed by atoms with E-state index in [4.69, 9.17) is 9.52 Å². The molecule has 0 aromatic carbocycles. The van der Waals surface area contributed by atoms with E-state index in [0.717, 1.165) is 30.6 Å². The average Bonchev–Trinajstić information content (AvgIpc) is 2.66. The van der Waals surface area contributed by atoms with Gasteiger partial charge in [-0.25, -0.2) is 0 Å². The summed E-state index contributed by atoms with van der Waals surface area (Å²) in [6.45, 7) is 1.66. The number of aliphatic carboxylic acids is 1. The molecule has 2 atom stereocenters. The van der Waals surface area contributed by atoms with Crippen molar-refractivity contribution in [2.45, 2.75) is 38.3 Å². The third-order valence-electron chi connectivity index (χ3n) is 2.87. The van der Waals surface area contributed by atoms with Crippen LogP contribution in [0.5, 0.6) is 0 Å². The number of furan rings is 1. The number of carboxylic acids is 1. The summed E-state index contributed by atoms with van der Waals surface area (Å²) < 4.78 is 5.34. The predicted molar refractivity (Wildman–Crippen MR) is 54.6 cm³/mol. The lowest BCUT2D eigenvalue weighted by molar-refractivity contribution is -0.139. The van der Waals surface area contributed by atoms with E-state index in [1.165, 1.54) is 0 Å². The largest absolute Gasteiger partial charge is 0.480 e. The van der Waals surface area contributed by atoms with Crippen LogP contribution in [0.2, 0.25) is 0 Å². The molecule has 0 saturated carbocycles. The molecular formula is C11H15NO3. The van der Waals surface area contributed by atoms with E-state index in [2.05, 4.69) is 5.32 Å². The Labute approximate surface area is 88.3 Å². The van der Waals surface area contributed by atoms with Crippen LogP contribution < -0.4 is 5.32 Å². The van der Waals surface area contributed by atoms with Crippen molar-refractivity contribution in [3.8, 4) is 0 Å². The Hall–Kier alpha value is -1.29. The molecule has 1 aliphatic carbocycles. The van der Waals surface area contributed by atoms with Gasteiger partial charge in [-0.15, -0.1) is 0 Å². The van der Waals surface area contributed by atoms with Gasteiger partial charge >= 0.3 is 5.97 Å². The molecule has 0 saturated heterocycles. The Kier molecular flexibility index (Phi) is 2.77. The fourth-order valence-corrected chi connectivity index (χ4v) is 2.03. The molecule has 0 bridgehead atoms. The molecule has 1 heterocycles. The second-order valence-electron chi connectivity index (χ2n) is 3.97. The second kappa shape index (κ2) is 4.06. The van der Waals surface area contributed by atoms with Gasteiger partial charge in [0.25, 0.3) is 0 Å². The molecule has 4 nitrogen and oxygen atoms in total. The van der Waals surface area contributed by atoms with Gasteiger partial charge in [-0.3, -0.25) is 10.1 Å². The van der Waals surface area contributed by atoms with Crippen molar-refractivity contribution in [1.82, 2.24) is 5.32 Å². The van der Waals surface area contributed by atoms with Gasteiger partial charge in [0.15, 0.2) is 0 Å². The standard InChI is InChI=1S/C11H15NO3/c1-7(11(13)14)12-9-3-2-4-10-8(9)5-6-15-10/h5-7,9,12H,2-4H2,1H3,(H,13,14). The zero-order chi connectivity index (χ0) is 10.8. The topological polar surface area (TPSA) is 62.5 Å². The van der Waals surface area contributed by atoms with Crippen LogP contribution in [0.25, 0.3) is 0 Å². The van der Waals surface area contributed by atoms with Gasteiger partial charge in [0.1, 0.15) is 11.8 Å². The molecule has 2 N–H and O–H groups in total. The van der Waals surface area contributed by atoms with E-state index in [1.54, 1.807) is 13.2 Å². The van der Waals surface area contributed by atoms with Gasteiger partial charge in [0.2, 0.25) is 0 Å². The molecule has 2 rings (SSSR count). The summed E-state index contributed by atoms with van der Waals surface area (Å²) in [5, 5.41) is 11.9. The Morgan fingerprint density at radius 1 is 1.73 bits per heavy atom. The minimum Gasteiger partial charge on any atom is -0.480 e. The van der Waals surface area contributed by atoms with Crippen LogP contribution in [-0.2, 0) is 11.2 Å². The first-order valence-corrected chi connectivity index (χ1v) is 5.23. The number of carboxylic acid groups (broad SMARTS) is 1. The number of aryl methyl sites for hydroxylation is 1. The maximum absolute atomic E-state index is 10.7. The number of hydrogen-bond acceptors (Lipinski definition) is 3.